The molecule has 0 radical (unpaired) electrons. The molecule has 1 aromatic heterocycles. The number of hydrogen-bond acceptors (Lipinski definition) is 3. The summed E-state index contributed by atoms with van der Waals surface area (Å²) in [5.74, 6) is 2.58. The maximum absolute atomic E-state index is 11.2. The second-order valence-electron chi connectivity index (χ2n) is 16.8. The van der Waals surface area contributed by atoms with Crippen LogP contribution >= 0.6 is 0 Å². The van der Waals surface area contributed by atoms with Crippen molar-refractivity contribution in [2.24, 2.45) is 5.41 Å². The van der Waals surface area contributed by atoms with Gasteiger partial charge in [0.2, 0.25) is 0 Å². The Labute approximate surface area is 328 Å². The number of fused-ring (bicyclic) bond motifs is 3. The van der Waals surface area contributed by atoms with Crippen molar-refractivity contribution in [1.29, 1.82) is 0 Å². The van der Waals surface area contributed by atoms with Gasteiger partial charge in [-0.1, -0.05) is 136 Å². The summed E-state index contributed by atoms with van der Waals surface area (Å²) in [5.41, 5.74) is 14.9. The summed E-state index contributed by atoms with van der Waals surface area (Å²) in [5, 5.41) is 11.2. The van der Waals surface area contributed by atoms with Crippen LogP contribution in [-0.4, -0.2) is 14.7 Å². The van der Waals surface area contributed by atoms with Gasteiger partial charge in [-0.2, -0.15) is 0 Å². The van der Waals surface area contributed by atoms with Crippen molar-refractivity contribution >= 4 is 11.0 Å². The van der Waals surface area contributed by atoms with Crippen molar-refractivity contribution < 1.29 is 9.84 Å². The fourth-order valence-corrected chi connectivity index (χ4v) is 9.31. The lowest BCUT2D eigenvalue weighted by Gasteiger charge is -2.22. The molecule has 4 nitrogen and oxygen atoms in total. The van der Waals surface area contributed by atoms with Crippen LogP contribution in [0.2, 0.25) is 0 Å². The first kappa shape index (κ1) is 34.1. The number of phenolic OH excluding ortho intramolecular Hbond substituents is 1. The third-order valence-electron chi connectivity index (χ3n) is 12.0. The molecule has 1 N–H and O–H groups in total. The van der Waals surface area contributed by atoms with Crippen LogP contribution in [0.15, 0.2) is 158 Å². The molecule has 1 heterocycles. The van der Waals surface area contributed by atoms with Crippen molar-refractivity contribution in [2.75, 3.05) is 0 Å². The highest BCUT2D eigenvalue weighted by atomic mass is 16.5. The molecule has 7 aromatic carbocycles. The van der Waals surface area contributed by atoms with E-state index < -0.39 is 0 Å². The van der Waals surface area contributed by atoms with E-state index in [9.17, 15) is 5.11 Å². The van der Waals surface area contributed by atoms with E-state index >= 15 is 0 Å². The molecule has 10 rings (SSSR count). The fraction of sp³-hybridized carbons (Fsp3) is 0.173. The normalized spacial score (nSPS) is 14.3. The van der Waals surface area contributed by atoms with Crippen LogP contribution in [0.1, 0.15) is 48.6 Å². The molecule has 4 heteroatoms. The molecule has 274 valence electrons. The summed E-state index contributed by atoms with van der Waals surface area (Å²) in [6.07, 6.45) is 4.07. The fourth-order valence-electron chi connectivity index (χ4n) is 9.31. The number of nitrogens with zero attached hydrogens (tertiary/aromatic N) is 2. The zero-order valence-corrected chi connectivity index (χ0v) is 32.1. The van der Waals surface area contributed by atoms with Gasteiger partial charge >= 0.3 is 0 Å². The Balaban J connectivity index is 1.13. The van der Waals surface area contributed by atoms with Gasteiger partial charge in [-0.3, -0.25) is 4.57 Å². The third-order valence-corrected chi connectivity index (χ3v) is 12.0. The molecule has 1 spiro atoms. The number of aromatic hydroxyl groups is 1. The van der Waals surface area contributed by atoms with Crippen LogP contribution in [0, 0.1) is 5.41 Å². The van der Waals surface area contributed by atoms with Crippen molar-refractivity contribution in [1.82, 2.24) is 9.55 Å². The molecular weight excluding hydrogens is 685 g/mol. The number of hydrogen-bond donors (Lipinski definition) is 1. The summed E-state index contributed by atoms with van der Waals surface area (Å²) < 4.78 is 9.30. The third kappa shape index (κ3) is 5.88. The smallest absolute Gasteiger partial charge is 0.155 e. The molecule has 8 aromatic rings. The van der Waals surface area contributed by atoms with Crippen LogP contribution < -0.4 is 4.74 Å². The number of rotatable bonds is 6. The minimum atomic E-state index is -0.0264. The Hall–Kier alpha value is -6.39. The van der Waals surface area contributed by atoms with Gasteiger partial charge in [0.05, 0.1) is 11.2 Å². The highest BCUT2D eigenvalue weighted by Crippen LogP contribution is 2.52. The summed E-state index contributed by atoms with van der Waals surface area (Å²) in [6.45, 7) is 6.75. The standard InChI is InChI=1S/C52H44N2O2/c1-51(2,3)39-20-13-19-35(27-39)50-53-49-46(54(50)45-23-11-9-21-41(45)34-15-5-4-6-16-34)24-14-26-48(49)56-40-28-38-32-52(30-36-17-7-8-18-37(36)31-52)33-44(38)43(29-40)42-22-10-12-25-47(42)55/h4-29,55H,30-33H2,1-3H3. The number of para-hydroxylation sites is 3. The van der Waals surface area contributed by atoms with Crippen molar-refractivity contribution in [3.05, 3.63) is 186 Å². The molecule has 0 amide bonds. The molecule has 0 aliphatic heterocycles. The molecule has 2 aliphatic rings. The Morgan fingerprint density at radius 3 is 2.02 bits per heavy atom. The lowest BCUT2D eigenvalue weighted by atomic mass is 9.81. The minimum Gasteiger partial charge on any atom is -0.507 e. The van der Waals surface area contributed by atoms with Crippen molar-refractivity contribution in [2.45, 2.75) is 51.9 Å². The first-order chi connectivity index (χ1) is 27.2. The number of phenols is 1. The summed E-state index contributed by atoms with van der Waals surface area (Å²) in [4.78, 5) is 5.46. The van der Waals surface area contributed by atoms with E-state index in [0.29, 0.717) is 5.75 Å². The minimum absolute atomic E-state index is 0.0264. The van der Waals surface area contributed by atoms with Gasteiger partial charge in [0, 0.05) is 16.7 Å². The molecule has 56 heavy (non-hydrogen) atoms. The Kier molecular flexibility index (Phi) is 8.00. The first-order valence-corrected chi connectivity index (χ1v) is 19.7. The molecule has 0 fully saturated rings. The zero-order chi connectivity index (χ0) is 38.0. The van der Waals surface area contributed by atoms with E-state index in [1.165, 1.54) is 27.8 Å². The Morgan fingerprint density at radius 2 is 1.25 bits per heavy atom. The topological polar surface area (TPSA) is 47.3 Å². The second-order valence-corrected chi connectivity index (χ2v) is 16.8. The Morgan fingerprint density at radius 1 is 0.589 bits per heavy atom. The predicted molar refractivity (Wildman–Crippen MR) is 228 cm³/mol. The maximum atomic E-state index is 11.2. The molecule has 0 atom stereocenters. The van der Waals surface area contributed by atoms with E-state index in [2.05, 4.69) is 153 Å². The van der Waals surface area contributed by atoms with Crippen molar-refractivity contribution in [3.63, 3.8) is 0 Å². The molecule has 0 saturated heterocycles. The number of ether oxygens (including phenoxy) is 1. The molecule has 0 saturated carbocycles. The average molecular weight is 729 g/mol. The van der Waals surface area contributed by atoms with Gasteiger partial charge in [0.1, 0.15) is 22.8 Å². The highest BCUT2D eigenvalue weighted by molar-refractivity contribution is 5.90. The van der Waals surface area contributed by atoms with Crippen molar-refractivity contribution in [3.8, 4) is 56.6 Å². The van der Waals surface area contributed by atoms with Gasteiger partial charge < -0.3 is 9.84 Å². The van der Waals surface area contributed by atoms with E-state index in [0.717, 1.165) is 81.8 Å². The quantitative estimate of drug-likeness (QED) is 0.185. The van der Waals surface area contributed by atoms with E-state index in [1.54, 1.807) is 6.07 Å². The van der Waals surface area contributed by atoms with Gasteiger partial charge in [-0.25, -0.2) is 4.98 Å². The molecule has 2 aliphatic carbocycles. The van der Waals surface area contributed by atoms with Crippen LogP contribution in [-0.2, 0) is 31.1 Å². The van der Waals surface area contributed by atoms with Gasteiger partial charge in [0.25, 0.3) is 0 Å². The largest absolute Gasteiger partial charge is 0.507 e. The number of imidazole rings is 1. The van der Waals surface area contributed by atoms with Crippen LogP contribution in [0.3, 0.4) is 0 Å². The predicted octanol–water partition coefficient (Wildman–Crippen LogP) is 12.7. The second kappa shape index (κ2) is 13.1. The highest BCUT2D eigenvalue weighted by Gasteiger charge is 2.43. The van der Waals surface area contributed by atoms with E-state index in [1.807, 2.05) is 24.3 Å². The molecule has 0 unspecified atom stereocenters. The van der Waals surface area contributed by atoms with Gasteiger partial charge in [-0.05, 0) is 118 Å². The van der Waals surface area contributed by atoms with E-state index in [-0.39, 0.29) is 16.6 Å². The molecular formula is C52H44N2O2. The summed E-state index contributed by atoms with van der Waals surface area (Å²) in [6, 6.07) is 55.1. The lowest BCUT2D eigenvalue weighted by Crippen LogP contribution is -2.21. The zero-order valence-electron chi connectivity index (χ0n) is 32.1. The van der Waals surface area contributed by atoms with E-state index in [4.69, 9.17) is 9.72 Å². The number of benzene rings is 7. The summed E-state index contributed by atoms with van der Waals surface area (Å²) >= 11 is 0. The van der Waals surface area contributed by atoms with Crippen LogP contribution in [0.4, 0.5) is 0 Å². The average Bonchev–Trinajstić information content (AvgIpc) is 3.90. The molecule has 0 bridgehead atoms. The van der Waals surface area contributed by atoms with Gasteiger partial charge in [0.15, 0.2) is 5.75 Å². The SMILES string of the molecule is CC(C)(C)c1cccc(-c2nc3c(Oc4cc5c(c(-c6ccccc6O)c4)CC4(Cc6ccccc6C4)C5)cccc3n2-c2ccccc2-c2ccccc2)c1. The lowest BCUT2D eigenvalue weighted by molar-refractivity contribution is 0.326. The number of aromatic nitrogens is 2. The van der Waals surface area contributed by atoms with Gasteiger partial charge in [-0.15, -0.1) is 0 Å². The monoisotopic (exact) mass is 728 g/mol. The van der Waals surface area contributed by atoms with Crippen LogP contribution in [0.5, 0.6) is 17.2 Å². The summed E-state index contributed by atoms with van der Waals surface area (Å²) in [7, 11) is 0. The first-order valence-electron chi connectivity index (χ1n) is 19.7. The van der Waals surface area contributed by atoms with Crippen LogP contribution in [0.25, 0.3) is 50.4 Å². The maximum Gasteiger partial charge on any atom is 0.155 e. The Bertz CT molecular complexity index is 2760.